The van der Waals surface area contributed by atoms with Gasteiger partial charge in [0.2, 0.25) is 0 Å². The Bertz CT molecular complexity index is 1270. The first-order chi connectivity index (χ1) is 15.6. The summed E-state index contributed by atoms with van der Waals surface area (Å²) < 4.78 is 6.28. The Balaban J connectivity index is 1.58. The van der Waals surface area contributed by atoms with Crippen molar-refractivity contribution in [2.45, 2.75) is 12.1 Å². The lowest BCUT2D eigenvalue weighted by atomic mass is 10.0. The summed E-state index contributed by atoms with van der Waals surface area (Å²) in [5, 5.41) is 13.3. The van der Waals surface area contributed by atoms with E-state index >= 15 is 0 Å². The van der Waals surface area contributed by atoms with Crippen molar-refractivity contribution in [3.63, 3.8) is 0 Å². The number of hydrogen-bond donors (Lipinski definition) is 2. The molecular formula is C25H19N3O3S. The van der Waals surface area contributed by atoms with Gasteiger partial charge in [-0.15, -0.1) is 0 Å². The molecule has 4 aromatic rings. The van der Waals surface area contributed by atoms with Gasteiger partial charge in [-0.2, -0.15) is 0 Å². The molecule has 0 spiro atoms. The van der Waals surface area contributed by atoms with Gasteiger partial charge < -0.3 is 19.7 Å². The molecule has 1 aliphatic rings. The van der Waals surface area contributed by atoms with Gasteiger partial charge in [0.1, 0.15) is 17.6 Å². The fraction of sp³-hybridized carbons (Fsp3) is 0.0800. The predicted molar refractivity (Wildman–Crippen MR) is 125 cm³/mol. The van der Waals surface area contributed by atoms with E-state index < -0.39 is 5.97 Å². The number of carboxylic acid groups (broad SMARTS) is 1. The number of carboxylic acids is 1. The standard InChI is InChI=1S/C25H19N3O3S/c29-24(30)17-8-6-7-16(15-17)20-12-13-21(31-20)23-22(19-11-4-5-14-26-19)27-25(32)28(23)18-9-2-1-3-10-18/h1-15,22-23H,(H,27,32)(H,29,30)/t22-,23-/m0/s1. The molecule has 0 bridgehead atoms. The number of hydrogen-bond acceptors (Lipinski definition) is 4. The molecule has 2 aromatic carbocycles. The van der Waals surface area contributed by atoms with Crippen LogP contribution in [-0.4, -0.2) is 21.2 Å². The molecule has 2 N–H and O–H groups in total. The third-order valence-corrected chi connectivity index (χ3v) is 5.76. The first kappa shape index (κ1) is 20.0. The first-order valence-electron chi connectivity index (χ1n) is 10.1. The van der Waals surface area contributed by atoms with Gasteiger partial charge >= 0.3 is 5.97 Å². The van der Waals surface area contributed by atoms with Crippen LogP contribution >= 0.6 is 12.2 Å². The van der Waals surface area contributed by atoms with Crippen molar-refractivity contribution in [2.75, 3.05) is 4.90 Å². The van der Waals surface area contributed by atoms with Gasteiger partial charge in [-0.05, 0) is 60.7 Å². The molecule has 0 amide bonds. The second-order valence-corrected chi connectivity index (χ2v) is 7.81. The minimum absolute atomic E-state index is 0.210. The van der Waals surface area contributed by atoms with E-state index in [0.717, 1.165) is 11.4 Å². The number of aromatic carboxylic acids is 1. The van der Waals surface area contributed by atoms with Gasteiger partial charge in [0, 0.05) is 17.4 Å². The van der Waals surface area contributed by atoms with Crippen LogP contribution in [0.4, 0.5) is 5.69 Å². The summed E-state index contributed by atoms with van der Waals surface area (Å²) in [6, 6.07) is 25.7. The molecule has 0 radical (unpaired) electrons. The number of rotatable bonds is 5. The molecule has 0 unspecified atom stereocenters. The van der Waals surface area contributed by atoms with Crippen LogP contribution in [0.25, 0.3) is 11.3 Å². The third kappa shape index (κ3) is 3.63. The monoisotopic (exact) mass is 441 g/mol. The van der Waals surface area contributed by atoms with Gasteiger partial charge in [0.05, 0.1) is 17.3 Å². The molecular weight excluding hydrogens is 422 g/mol. The van der Waals surface area contributed by atoms with Gasteiger partial charge in [-0.25, -0.2) is 4.79 Å². The highest BCUT2D eigenvalue weighted by molar-refractivity contribution is 7.80. The van der Waals surface area contributed by atoms with Gasteiger partial charge in [0.15, 0.2) is 5.11 Å². The van der Waals surface area contributed by atoms with Crippen LogP contribution in [0.5, 0.6) is 0 Å². The summed E-state index contributed by atoms with van der Waals surface area (Å²) in [5.41, 5.74) is 2.70. The minimum atomic E-state index is -0.977. The van der Waals surface area contributed by atoms with Crippen molar-refractivity contribution >= 4 is 29.0 Å². The summed E-state index contributed by atoms with van der Waals surface area (Å²) >= 11 is 5.70. The molecule has 32 heavy (non-hydrogen) atoms. The lowest BCUT2D eigenvalue weighted by molar-refractivity contribution is 0.0697. The number of anilines is 1. The van der Waals surface area contributed by atoms with Crippen molar-refractivity contribution in [1.82, 2.24) is 10.3 Å². The van der Waals surface area contributed by atoms with Crippen LogP contribution in [0.15, 0.2) is 95.5 Å². The number of para-hydroxylation sites is 1. The molecule has 158 valence electrons. The lowest BCUT2D eigenvalue weighted by Gasteiger charge is -2.26. The fourth-order valence-electron chi connectivity index (χ4n) is 3.98. The van der Waals surface area contributed by atoms with Crippen molar-refractivity contribution in [3.8, 4) is 11.3 Å². The zero-order valence-electron chi connectivity index (χ0n) is 16.9. The van der Waals surface area contributed by atoms with Crippen LogP contribution < -0.4 is 10.2 Å². The highest BCUT2D eigenvalue weighted by Gasteiger charge is 2.42. The molecule has 1 fully saturated rings. The zero-order chi connectivity index (χ0) is 22.1. The summed E-state index contributed by atoms with van der Waals surface area (Å²) in [7, 11) is 0. The van der Waals surface area contributed by atoms with Crippen LogP contribution in [0.2, 0.25) is 0 Å². The van der Waals surface area contributed by atoms with Crippen molar-refractivity contribution in [1.29, 1.82) is 0 Å². The van der Waals surface area contributed by atoms with E-state index in [2.05, 4.69) is 10.3 Å². The lowest BCUT2D eigenvalue weighted by Crippen LogP contribution is -2.29. The quantitative estimate of drug-likeness (QED) is 0.411. The highest BCUT2D eigenvalue weighted by Crippen LogP contribution is 2.42. The van der Waals surface area contributed by atoms with E-state index in [1.54, 1.807) is 24.4 Å². The average molecular weight is 442 g/mol. The molecule has 7 heteroatoms. The number of carbonyl (C=O) groups is 1. The molecule has 1 aliphatic heterocycles. The Morgan fingerprint density at radius 2 is 1.81 bits per heavy atom. The zero-order valence-corrected chi connectivity index (χ0v) is 17.7. The van der Waals surface area contributed by atoms with Crippen LogP contribution in [0, 0.1) is 0 Å². The van der Waals surface area contributed by atoms with Crippen LogP contribution in [0.1, 0.15) is 33.9 Å². The SMILES string of the molecule is O=C(O)c1cccc(-c2ccc([C@H]3[C@H](c4ccccn4)NC(=S)N3c3ccccc3)o2)c1. The maximum atomic E-state index is 11.4. The van der Waals surface area contributed by atoms with Crippen molar-refractivity contribution < 1.29 is 14.3 Å². The van der Waals surface area contributed by atoms with Gasteiger partial charge in [0.25, 0.3) is 0 Å². The largest absolute Gasteiger partial charge is 0.478 e. The number of nitrogens with zero attached hydrogens (tertiary/aromatic N) is 2. The second kappa shape index (κ2) is 8.28. The van der Waals surface area contributed by atoms with Crippen molar-refractivity contribution in [2.24, 2.45) is 0 Å². The topological polar surface area (TPSA) is 78.6 Å². The maximum Gasteiger partial charge on any atom is 0.335 e. The Labute approximate surface area is 190 Å². The van der Waals surface area contributed by atoms with Crippen molar-refractivity contribution in [3.05, 3.63) is 108 Å². The molecule has 5 rings (SSSR count). The van der Waals surface area contributed by atoms with Gasteiger partial charge in [-0.1, -0.05) is 36.4 Å². The molecule has 6 nitrogen and oxygen atoms in total. The predicted octanol–water partition coefficient (Wildman–Crippen LogP) is 5.22. The maximum absolute atomic E-state index is 11.4. The summed E-state index contributed by atoms with van der Waals surface area (Å²) in [4.78, 5) is 17.9. The van der Waals surface area contributed by atoms with E-state index in [1.165, 1.54) is 0 Å². The minimum Gasteiger partial charge on any atom is -0.478 e. The smallest absolute Gasteiger partial charge is 0.335 e. The summed E-state index contributed by atoms with van der Waals surface area (Å²) in [6.07, 6.45) is 1.76. The molecule has 2 aromatic heterocycles. The second-order valence-electron chi connectivity index (χ2n) is 7.42. The van der Waals surface area contributed by atoms with E-state index in [4.69, 9.17) is 16.6 Å². The number of nitrogens with one attached hydrogen (secondary N) is 1. The third-order valence-electron chi connectivity index (χ3n) is 5.44. The van der Waals surface area contributed by atoms with Gasteiger partial charge in [-0.3, -0.25) is 4.98 Å². The van der Waals surface area contributed by atoms with Crippen LogP contribution in [-0.2, 0) is 0 Å². The number of furan rings is 1. The molecule has 0 aliphatic carbocycles. The Morgan fingerprint density at radius 3 is 2.56 bits per heavy atom. The van der Waals surface area contributed by atoms with Crippen LogP contribution in [0.3, 0.4) is 0 Å². The number of aromatic nitrogens is 1. The molecule has 2 atom stereocenters. The Kier molecular flexibility index (Phi) is 5.17. The van der Waals surface area contributed by atoms with E-state index in [9.17, 15) is 9.90 Å². The highest BCUT2D eigenvalue weighted by atomic mass is 32.1. The van der Waals surface area contributed by atoms with E-state index in [0.29, 0.717) is 22.2 Å². The fourth-order valence-corrected chi connectivity index (χ4v) is 4.33. The number of pyridine rings is 1. The van der Waals surface area contributed by atoms with E-state index in [-0.39, 0.29) is 17.6 Å². The first-order valence-corrected chi connectivity index (χ1v) is 10.5. The molecule has 1 saturated heterocycles. The Morgan fingerprint density at radius 1 is 1.00 bits per heavy atom. The number of thiocarbonyl (C=S) groups is 1. The summed E-state index contributed by atoms with van der Waals surface area (Å²) in [5.74, 6) is 0.315. The molecule has 0 saturated carbocycles. The number of benzene rings is 2. The summed E-state index contributed by atoms with van der Waals surface area (Å²) in [6.45, 7) is 0. The van der Waals surface area contributed by atoms with E-state index in [1.807, 2.05) is 71.6 Å². The molecule has 3 heterocycles. The Hall–Kier alpha value is -3.97. The average Bonchev–Trinajstić information content (AvgIpc) is 3.45. The normalized spacial score (nSPS) is 17.9.